The van der Waals surface area contributed by atoms with Crippen molar-refractivity contribution in [3.63, 3.8) is 0 Å². The molecule has 1 aliphatic rings. The minimum Gasteiger partial charge on any atom is -0.392 e. The molecule has 6 heteroatoms. The lowest BCUT2D eigenvalue weighted by Gasteiger charge is -2.33. The molecule has 0 bridgehead atoms. The van der Waals surface area contributed by atoms with E-state index in [0.29, 0.717) is 13.0 Å². The summed E-state index contributed by atoms with van der Waals surface area (Å²) in [5.41, 5.74) is 0. The van der Waals surface area contributed by atoms with E-state index in [0.717, 1.165) is 19.5 Å². The Bertz CT molecular complexity index is 421. The molecule has 1 fully saturated rings. The summed E-state index contributed by atoms with van der Waals surface area (Å²) in [6, 6.07) is 1.96. The van der Waals surface area contributed by atoms with Crippen LogP contribution in [0.15, 0.2) is 18.5 Å². The lowest BCUT2D eigenvalue weighted by atomic mass is 9.94. The van der Waals surface area contributed by atoms with E-state index in [4.69, 9.17) is 0 Å². The molecular weight excluding hydrogens is 256 g/mol. The van der Waals surface area contributed by atoms with Gasteiger partial charge in [-0.2, -0.15) is 5.10 Å². The Labute approximate surface area is 119 Å². The molecule has 1 aromatic heterocycles. The van der Waals surface area contributed by atoms with Gasteiger partial charge in [-0.3, -0.25) is 9.48 Å². The summed E-state index contributed by atoms with van der Waals surface area (Å²) in [5.74, 6) is -0.363. The molecule has 2 N–H and O–H groups in total. The number of piperidine rings is 1. The van der Waals surface area contributed by atoms with E-state index < -0.39 is 6.10 Å². The number of aliphatic hydroxyl groups is 1. The summed E-state index contributed by atoms with van der Waals surface area (Å²) in [6.07, 6.45) is 4.62. The number of nitrogens with zero attached hydrogens (tertiary/aromatic N) is 3. The Morgan fingerprint density at radius 1 is 1.60 bits per heavy atom. The summed E-state index contributed by atoms with van der Waals surface area (Å²) in [4.78, 5) is 14.3. The largest absolute Gasteiger partial charge is 0.392 e. The maximum Gasteiger partial charge on any atom is 0.227 e. The highest BCUT2D eigenvalue weighted by Gasteiger charge is 2.32. The van der Waals surface area contributed by atoms with Crippen molar-refractivity contribution in [3.8, 4) is 0 Å². The first kappa shape index (κ1) is 15.0. The number of carbonyl (C=O) groups excluding carboxylic acids is 1. The fourth-order valence-electron chi connectivity index (χ4n) is 2.54. The molecule has 0 aliphatic carbocycles. The Kier molecular flexibility index (Phi) is 5.14. The average Bonchev–Trinajstić information content (AvgIpc) is 2.92. The molecule has 3 atom stereocenters. The van der Waals surface area contributed by atoms with Gasteiger partial charge in [-0.1, -0.05) is 0 Å². The highest BCUT2D eigenvalue weighted by Crippen LogP contribution is 2.16. The van der Waals surface area contributed by atoms with Crippen molar-refractivity contribution in [2.75, 3.05) is 20.1 Å². The number of hydrogen-bond acceptors (Lipinski definition) is 4. The molecule has 1 aliphatic heterocycles. The third-order valence-electron chi connectivity index (χ3n) is 3.86. The van der Waals surface area contributed by atoms with Gasteiger partial charge in [-0.05, 0) is 32.9 Å². The Balaban J connectivity index is 1.77. The van der Waals surface area contributed by atoms with Crippen LogP contribution in [-0.2, 0) is 11.3 Å². The number of aryl methyl sites for hydroxylation is 1. The van der Waals surface area contributed by atoms with Gasteiger partial charge in [0.15, 0.2) is 0 Å². The fraction of sp³-hybridized carbons (Fsp3) is 0.714. The molecule has 112 valence electrons. The molecule has 1 saturated heterocycles. The molecule has 0 unspecified atom stereocenters. The number of aromatic nitrogens is 2. The highest BCUT2D eigenvalue weighted by molar-refractivity contribution is 5.79. The lowest BCUT2D eigenvalue weighted by molar-refractivity contribution is -0.131. The van der Waals surface area contributed by atoms with Gasteiger partial charge in [0, 0.05) is 38.1 Å². The van der Waals surface area contributed by atoms with Crippen LogP contribution in [0.5, 0.6) is 0 Å². The lowest BCUT2D eigenvalue weighted by Crippen LogP contribution is -2.50. The zero-order valence-corrected chi connectivity index (χ0v) is 12.2. The van der Waals surface area contributed by atoms with Crippen LogP contribution < -0.4 is 5.32 Å². The van der Waals surface area contributed by atoms with Crippen LogP contribution in [0.2, 0.25) is 0 Å². The number of aliphatic hydroxyl groups excluding tert-OH is 1. The van der Waals surface area contributed by atoms with Crippen molar-refractivity contribution in [1.29, 1.82) is 0 Å². The Morgan fingerprint density at radius 3 is 3.10 bits per heavy atom. The number of nitrogens with one attached hydrogen (secondary N) is 1. The summed E-state index contributed by atoms with van der Waals surface area (Å²) in [7, 11) is 1.98. The van der Waals surface area contributed by atoms with Gasteiger partial charge in [-0.25, -0.2) is 0 Å². The zero-order valence-electron chi connectivity index (χ0n) is 12.2. The first-order valence-corrected chi connectivity index (χ1v) is 7.20. The maximum atomic E-state index is 12.2. The van der Waals surface area contributed by atoms with Crippen molar-refractivity contribution in [1.82, 2.24) is 20.0 Å². The first-order chi connectivity index (χ1) is 9.56. The monoisotopic (exact) mass is 280 g/mol. The molecule has 2 heterocycles. The summed E-state index contributed by atoms with van der Waals surface area (Å²) in [5, 5.41) is 17.1. The van der Waals surface area contributed by atoms with Crippen LogP contribution in [0.1, 0.15) is 19.8 Å². The van der Waals surface area contributed by atoms with Gasteiger partial charge >= 0.3 is 0 Å². The Morgan fingerprint density at radius 2 is 2.40 bits per heavy atom. The number of likely N-dealkylation sites (tertiary alicyclic amines) is 1. The Hall–Kier alpha value is -1.40. The average molecular weight is 280 g/mol. The predicted molar refractivity (Wildman–Crippen MR) is 76.1 cm³/mol. The van der Waals surface area contributed by atoms with Crippen LogP contribution in [0.3, 0.4) is 0 Å². The molecule has 6 nitrogen and oxygen atoms in total. The van der Waals surface area contributed by atoms with E-state index in [1.165, 1.54) is 0 Å². The van der Waals surface area contributed by atoms with Gasteiger partial charge in [-0.15, -0.1) is 0 Å². The summed E-state index contributed by atoms with van der Waals surface area (Å²) >= 11 is 0. The van der Waals surface area contributed by atoms with Gasteiger partial charge in [0.1, 0.15) is 0 Å². The summed E-state index contributed by atoms with van der Waals surface area (Å²) in [6.45, 7) is 4.24. The molecule has 2 rings (SSSR count). The van der Waals surface area contributed by atoms with Crippen molar-refractivity contribution >= 4 is 5.91 Å². The van der Waals surface area contributed by atoms with Gasteiger partial charge in [0.25, 0.3) is 0 Å². The van der Waals surface area contributed by atoms with Gasteiger partial charge < -0.3 is 15.3 Å². The topological polar surface area (TPSA) is 70.4 Å². The van der Waals surface area contributed by atoms with E-state index in [1.54, 1.807) is 6.20 Å². The number of rotatable bonds is 5. The third kappa shape index (κ3) is 4.05. The SMILES string of the molecule is C[C@@H](CCn1cccn1)NC(=O)[C@@H]1CN(C)CC[C@H]1O. The first-order valence-electron chi connectivity index (χ1n) is 7.20. The number of hydrogen-bond donors (Lipinski definition) is 2. The molecule has 0 saturated carbocycles. The second-order valence-electron chi connectivity index (χ2n) is 5.69. The van der Waals surface area contributed by atoms with E-state index >= 15 is 0 Å². The van der Waals surface area contributed by atoms with Crippen molar-refractivity contribution in [2.24, 2.45) is 5.92 Å². The summed E-state index contributed by atoms with van der Waals surface area (Å²) < 4.78 is 1.85. The number of carbonyl (C=O) groups is 1. The van der Waals surface area contributed by atoms with Crippen LogP contribution in [0, 0.1) is 5.92 Å². The molecule has 1 amide bonds. The normalized spacial score (nSPS) is 25.4. The van der Waals surface area contributed by atoms with Gasteiger partial charge in [0.2, 0.25) is 5.91 Å². The smallest absolute Gasteiger partial charge is 0.227 e. The van der Waals surface area contributed by atoms with E-state index in [1.807, 2.05) is 30.9 Å². The fourth-order valence-corrected chi connectivity index (χ4v) is 2.54. The zero-order chi connectivity index (χ0) is 14.5. The standard InChI is InChI=1S/C14H24N4O2/c1-11(4-9-18-7-3-6-15-18)16-14(20)12-10-17(2)8-5-13(12)19/h3,6-7,11-13,19H,4-5,8-10H2,1-2H3,(H,16,20)/t11-,12+,13+/m0/s1. The van der Waals surface area contributed by atoms with Crippen molar-refractivity contribution in [3.05, 3.63) is 18.5 Å². The molecule has 20 heavy (non-hydrogen) atoms. The van der Waals surface area contributed by atoms with E-state index in [2.05, 4.69) is 15.3 Å². The van der Waals surface area contributed by atoms with Crippen LogP contribution in [-0.4, -0.2) is 58.0 Å². The van der Waals surface area contributed by atoms with Crippen LogP contribution in [0.4, 0.5) is 0 Å². The van der Waals surface area contributed by atoms with Crippen molar-refractivity contribution in [2.45, 2.75) is 38.5 Å². The highest BCUT2D eigenvalue weighted by atomic mass is 16.3. The van der Waals surface area contributed by atoms with E-state index in [-0.39, 0.29) is 17.9 Å². The second-order valence-corrected chi connectivity index (χ2v) is 5.69. The maximum absolute atomic E-state index is 12.2. The minimum atomic E-state index is -0.524. The molecule has 1 aromatic rings. The van der Waals surface area contributed by atoms with Gasteiger partial charge in [0.05, 0.1) is 12.0 Å². The van der Waals surface area contributed by atoms with Crippen molar-refractivity contribution < 1.29 is 9.90 Å². The molecule has 0 radical (unpaired) electrons. The van der Waals surface area contributed by atoms with Crippen LogP contribution in [0.25, 0.3) is 0 Å². The quantitative estimate of drug-likeness (QED) is 0.802. The molecule has 0 aromatic carbocycles. The number of amides is 1. The third-order valence-corrected chi connectivity index (χ3v) is 3.86. The van der Waals surface area contributed by atoms with E-state index in [9.17, 15) is 9.90 Å². The molecular formula is C14H24N4O2. The van der Waals surface area contributed by atoms with Crippen LogP contribution >= 0.6 is 0 Å². The molecule has 0 spiro atoms. The minimum absolute atomic E-state index is 0.0444. The predicted octanol–water partition coefficient (Wildman–Crippen LogP) is 0.0905. The second kappa shape index (κ2) is 6.85.